The van der Waals surface area contributed by atoms with Crippen LogP contribution in [0, 0.1) is 0 Å². The van der Waals surface area contributed by atoms with Gasteiger partial charge in [0.15, 0.2) is 11.5 Å². The van der Waals surface area contributed by atoms with Crippen molar-refractivity contribution < 1.29 is 14.3 Å². The fourth-order valence-corrected chi connectivity index (χ4v) is 5.09. The monoisotopic (exact) mass is 455 g/mol. The lowest BCUT2D eigenvalue weighted by Crippen LogP contribution is -2.48. The third kappa shape index (κ3) is 4.81. The number of rotatable bonds is 4. The Labute approximate surface area is 194 Å². The van der Waals surface area contributed by atoms with Crippen LogP contribution in [0.2, 0.25) is 5.02 Å². The van der Waals surface area contributed by atoms with Gasteiger partial charge in [-0.1, -0.05) is 29.8 Å². The summed E-state index contributed by atoms with van der Waals surface area (Å²) in [4.78, 5) is 17.6. The lowest BCUT2D eigenvalue weighted by molar-refractivity contribution is 0.164. The minimum Gasteiger partial charge on any atom is -0.486 e. The third-order valence-corrected chi connectivity index (χ3v) is 6.95. The lowest BCUT2D eigenvalue weighted by atomic mass is 10.0. The molecule has 0 saturated carbocycles. The number of hydrogen-bond acceptors (Lipinski definition) is 4. The van der Waals surface area contributed by atoms with E-state index in [0.29, 0.717) is 13.2 Å². The van der Waals surface area contributed by atoms with Crippen LogP contribution >= 0.6 is 11.6 Å². The zero-order chi connectivity index (χ0) is 21.9. The highest BCUT2D eigenvalue weighted by Gasteiger charge is 2.32. The molecule has 6 nitrogen and oxygen atoms in total. The molecule has 0 radical (unpaired) electrons. The van der Waals surface area contributed by atoms with Gasteiger partial charge >= 0.3 is 6.03 Å². The lowest BCUT2D eigenvalue weighted by Gasteiger charge is -2.34. The Morgan fingerprint density at radius 2 is 1.72 bits per heavy atom. The van der Waals surface area contributed by atoms with Gasteiger partial charge in [-0.25, -0.2) is 4.79 Å². The molecule has 1 N–H and O–H groups in total. The summed E-state index contributed by atoms with van der Waals surface area (Å²) in [5, 5.41) is 4.07. The van der Waals surface area contributed by atoms with Crippen LogP contribution in [-0.2, 0) is 6.54 Å². The van der Waals surface area contributed by atoms with Crippen LogP contribution in [0.15, 0.2) is 42.5 Å². The van der Waals surface area contributed by atoms with Crippen LogP contribution in [-0.4, -0.2) is 54.7 Å². The molecule has 2 aromatic rings. The maximum Gasteiger partial charge on any atom is 0.318 e. The molecule has 2 fully saturated rings. The van der Waals surface area contributed by atoms with Crippen LogP contribution in [0.3, 0.4) is 0 Å². The molecule has 3 heterocycles. The first-order valence-electron chi connectivity index (χ1n) is 11.6. The number of likely N-dealkylation sites (tertiary alicyclic amines) is 2. The van der Waals surface area contributed by atoms with E-state index in [9.17, 15) is 4.79 Å². The first-order valence-corrected chi connectivity index (χ1v) is 12.0. The number of nitrogens with zero attached hydrogens (tertiary/aromatic N) is 2. The number of urea groups is 1. The van der Waals surface area contributed by atoms with E-state index in [-0.39, 0.29) is 18.1 Å². The Morgan fingerprint density at radius 3 is 2.50 bits per heavy atom. The molecule has 1 atom stereocenters. The summed E-state index contributed by atoms with van der Waals surface area (Å²) in [6, 6.07) is 14.5. The van der Waals surface area contributed by atoms with Crippen LogP contribution in [0.5, 0.6) is 11.5 Å². The molecule has 32 heavy (non-hydrogen) atoms. The van der Waals surface area contributed by atoms with Gasteiger partial charge in [0.25, 0.3) is 0 Å². The number of fused-ring (bicyclic) bond motifs is 1. The van der Waals surface area contributed by atoms with Crippen molar-refractivity contribution in [1.82, 2.24) is 15.1 Å². The number of halogens is 1. The van der Waals surface area contributed by atoms with Crippen molar-refractivity contribution in [2.75, 3.05) is 32.8 Å². The van der Waals surface area contributed by atoms with Gasteiger partial charge in [-0.2, -0.15) is 0 Å². The van der Waals surface area contributed by atoms with E-state index < -0.39 is 0 Å². The normalized spacial score (nSPS) is 21.5. The second kappa shape index (κ2) is 9.59. The molecule has 0 aromatic heterocycles. The minimum atomic E-state index is 0.0542. The molecule has 2 amide bonds. The smallest absolute Gasteiger partial charge is 0.318 e. The molecule has 7 heteroatoms. The minimum absolute atomic E-state index is 0.0542. The average molecular weight is 456 g/mol. The zero-order valence-electron chi connectivity index (χ0n) is 18.3. The van der Waals surface area contributed by atoms with Gasteiger partial charge in [0, 0.05) is 37.2 Å². The zero-order valence-corrected chi connectivity index (χ0v) is 19.0. The molecule has 1 unspecified atom stereocenters. The van der Waals surface area contributed by atoms with Gasteiger partial charge in [-0.05, 0) is 61.1 Å². The van der Waals surface area contributed by atoms with E-state index in [1.54, 1.807) is 0 Å². The Bertz CT molecular complexity index is 944. The number of carbonyl (C=O) groups excluding carboxylic acids is 1. The number of nitrogens with one attached hydrogen (secondary N) is 1. The van der Waals surface area contributed by atoms with Gasteiger partial charge in [0.05, 0.1) is 6.04 Å². The van der Waals surface area contributed by atoms with Gasteiger partial charge in [-0.3, -0.25) is 4.90 Å². The molecule has 0 spiro atoms. The highest BCUT2D eigenvalue weighted by molar-refractivity contribution is 6.30. The standard InChI is InChI=1S/C25H30ClN3O3/c26-20-6-3-18(4-7-20)17-28-12-9-21(10-13-28)27-25(30)29-11-1-2-22(29)19-5-8-23-24(16-19)32-15-14-31-23/h3-8,16,21-22H,1-2,9-15,17H2,(H,27,30). The average Bonchev–Trinajstić information content (AvgIpc) is 3.32. The summed E-state index contributed by atoms with van der Waals surface area (Å²) < 4.78 is 11.4. The first-order chi connectivity index (χ1) is 15.7. The Kier molecular flexibility index (Phi) is 6.42. The third-order valence-electron chi connectivity index (χ3n) is 6.70. The molecular weight excluding hydrogens is 426 g/mol. The van der Waals surface area contributed by atoms with Gasteiger partial charge in [0.1, 0.15) is 13.2 Å². The topological polar surface area (TPSA) is 54.0 Å². The molecule has 3 aliphatic heterocycles. The molecule has 170 valence electrons. The van der Waals surface area contributed by atoms with Crippen molar-refractivity contribution in [2.24, 2.45) is 0 Å². The van der Waals surface area contributed by atoms with Crippen molar-refractivity contribution in [3.8, 4) is 11.5 Å². The van der Waals surface area contributed by atoms with Crippen LogP contribution in [0.25, 0.3) is 0 Å². The largest absolute Gasteiger partial charge is 0.486 e. The summed E-state index contributed by atoms with van der Waals surface area (Å²) in [5.41, 5.74) is 2.40. The van der Waals surface area contributed by atoms with E-state index in [0.717, 1.165) is 73.9 Å². The highest BCUT2D eigenvalue weighted by Crippen LogP contribution is 2.38. The molecular formula is C25H30ClN3O3. The number of ether oxygens (including phenoxy) is 2. The SMILES string of the molecule is O=C(NC1CCN(Cc2ccc(Cl)cc2)CC1)N1CCCC1c1ccc2c(c1)OCCO2. The van der Waals surface area contributed by atoms with Gasteiger partial charge in [0.2, 0.25) is 0 Å². The van der Waals surface area contributed by atoms with Crippen molar-refractivity contribution in [3.05, 3.63) is 58.6 Å². The summed E-state index contributed by atoms with van der Waals surface area (Å²) in [6.07, 6.45) is 3.95. The van der Waals surface area contributed by atoms with E-state index in [4.69, 9.17) is 21.1 Å². The highest BCUT2D eigenvalue weighted by atomic mass is 35.5. The molecule has 3 aliphatic rings. The molecule has 0 bridgehead atoms. The van der Waals surface area contributed by atoms with Crippen molar-refractivity contribution in [1.29, 1.82) is 0 Å². The Morgan fingerprint density at radius 1 is 0.969 bits per heavy atom. The fraction of sp³-hybridized carbons (Fsp3) is 0.480. The van der Waals surface area contributed by atoms with E-state index in [1.165, 1.54) is 5.56 Å². The van der Waals surface area contributed by atoms with E-state index in [1.807, 2.05) is 29.2 Å². The number of piperidine rings is 1. The molecule has 2 aromatic carbocycles. The van der Waals surface area contributed by atoms with Crippen LogP contribution < -0.4 is 14.8 Å². The fourth-order valence-electron chi connectivity index (χ4n) is 4.96. The summed E-state index contributed by atoms with van der Waals surface area (Å²) >= 11 is 5.99. The summed E-state index contributed by atoms with van der Waals surface area (Å²) in [6.45, 7) is 4.85. The predicted octanol–water partition coefficient (Wildman–Crippen LogP) is 4.62. The molecule has 2 saturated heterocycles. The second-order valence-electron chi connectivity index (χ2n) is 8.88. The number of hydrogen-bond donors (Lipinski definition) is 1. The summed E-state index contributed by atoms with van der Waals surface area (Å²) in [7, 11) is 0. The predicted molar refractivity (Wildman–Crippen MR) is 124 cm³/mol. The molecule has 5 rings (SSSR count). The first kappa shape index (κ1) is 21.4. The van der Waals surface area contributed by atoms with Crippen LogP contribution in [0.1, 0.15) is 42.9 Å². The summed E-state index contributed by atoms with van der Waals surface area (Å²) in [5.74, 6) is 1.58. The number of amides is 2. The quantitative estimate of drug-likeness (QED) is 0.730. The Hall–Kier alpha value is -2.44. The van der Waals surface area contributed by atoms with Gasteiger partial charge < -0.3 is 19.7 Å². The van der Waals surface area contributed by atoms with Crippen molar-refractivity contribution in [2.45, 2.75) is 44.3 Å². The van der Waals surface area contributed by atoms with E-state index in [2.05, 4.69) is 28.4 Å². The second-order valence-corrected chi connectivity index (χ2v) is 9.32. The Balaban J connectivity index is 1.15. The van der Waals surface area contributed by atoms with Crippen LogP contribution in [0.4, 0.5) is 4.79 Å². The maximum absolute atomic E-state index is 13.1. The van der Waals surface area contributed by atoms with Crippen molar-refractivity contribution in [3.63, 3.8) is 0 Å². The number of carbonyl (C=O) groups is 1. The van der Waals surface area contributed by atoms with Crippen molar-refractivity contribution >= 4 is 17.6 Å². The van der Waals surface area contributed by atoms with E-state index >= 15 is 0 Å². The maximum atomic E-state index is 13.1. The molecule has 0 aliphatic carbocycles. The van der Waals surface area contributed by atoms with Gasteiger partial charge in [-0.15, -0.1) is 0 Å². The number of benzene rings is 2.